The molecule has 0 fully saturated rings. The minimum Gasteiger partial charge on any atom is -0.335 e. The number of hydrogen-bond donors (Lipinski definition) is 0. The average Bonchev–Trinajstić information content (AvgIpc) is 1.57. The maximum Gasteiger partial charge on any atom is 0.0617 e. The summed E-state index contributed by atoms with van der Waals surface area (Å²) in [6.07, 6.45) is 0. The van der Waals surface area contributed by atoms with Crippen LogP contribution < -0.4 is 0 Å². The zero-order valence-corrected chi connectivity index (χ0v) is 45.9. The highest BCUT2D eigenvalue weighted by Crippen LogP contribution is 2.53. The molecule has 16 aromatic carbocycles. The fourth-order valence-electron chi connectivity index (χ4n) is 15.5. The Hall–Kier alpha value is -10.7. The van der Waals surface area contributed by atoms with E-state index in [0.29, 0.717) is 19.6 Å². The van der Waals surface area contributed by atoms with E-state index in [1.165, 1.54) is 179 Å². The summed E-state index contributed by atoms with van der Waals surface area (Å²) >= 11 is 0. The smallest absolute Gasteiger partial charge is 0.0617 e. The normalized spacial score (nSPS) is 12.4. The molecule has 0 bridgehead atoms. The minimum atomic E-state index is 0.686. The molecular formula is C81H51N3. The van der Waals surface area contributed by atoms with E-state index in [2.05, 4.69) is 287 Å². The van der Waals surface area contributed by atoms with Crippen molar-refractivity contribution in [1.29, 1.82) is 0 Å². The molecule has 3 heterocycles. The van der Waals surface area contributed by atoms with Crippen LogP contribution in [0.25, 0.3) is 162 Å². The molecule has 0 aliphatic carbocycles. The van der Waals surface area contributed by atoms with Crippen molar-refractivity contribution >= 4 is 162 Å². The fourth-order valence-corrected chi connectivity index (χ4v) is 15.5. The van der Waals surface area contributed by atoms with E-state index in [0.717, 1.165) is 0 Å². The summed E-state index contributed by atoms with van der Waals surface area (Å²) in [4.78, 5) is 0. The van der Waals surface area contributed by atoms with E-state index in [4.69, 9.17) is 0 Å². The Balaban J connectivity index is 1.14. The zero-order valence-electron chi connectivity index (χ0n) is 45.9. The van der Waals surface area contributed by atoms with E-state index >= 15 is 0 Å². The highest BCUT2D eigenvalue weighted by molar-refractivity contribution is 6.43. The van der Waals surface area contributed by atoms with Crippen LogP contribution in [0.2, 0.25) is 0 Å². The van der Waals surface area contributed by atoms with Crippen LogP contribution >= 0.6 is 0 Å². The number of hydrogen-bond acceptors (Lipinski definition) is 0. The van der Waals surface area contributed by atoms with Gasteiger partial charge in [-0.1, -0.05) is 237 Å². The molecule has 390 valence electrons. The van der Waals surface area contributed by atoms with Gasteiger partial charge in [-0.3, -0.25) is 0 Å². The fraction of sp³-hybridized carbons (Fsp3) is 0.0370. The van der Waals surface area contributed by atoms with Crippen LogP contribution in [0.15, 0.2) is 273 Å². The predicted octanol–water partition coefficient (Wildman–Crippen LogP) is 21.5. The lowest BCUT2D eigenvalue weighted by atomic mass is 9.92. The average molecular weight is 1070 g/mol. The van der Waals surface area contributed by atoms with E-state index in [1.54, 1.807) is 0 Å². The highest BCUT2D eigenvalue weighted by atomic mass is 15.0. The van der Waals surface area contributed by atoms with Gasteiger partial charge in [0.15, 0.2) is 0 Å². The lowest BCUT2D eigenvalue weighted by molar-refractivity contribution is 0.863. The van der Waals surface area contributed by atoms with E-state index in [9.17, 15) is 0 Å². The minimum absolute atomic E-state index is 0.686. The van der Waals surface area contributed by atoms with Crippen molar-refractivity contribution in [3.05, 3.63) is 290 Å². The summed E-state index contributed by atoms with van der Waals surface area (Å²) in [6, 6.07) is 103. The Bertz CT molecular complexity index is 5420. The number of nitrogens with zero attached hydrogens (tertiary/aromatic N) is 3. The van der Waals surface area contributed by atoms with Gasteiger partial charge in [0.25, 0.3) is 0 Å². The number of fused-ring (bicyclic) bond motifs is 30. The first kappa shape index (κ1) is 45.9. The van der Waals surface area contributed by atoms with Crippen LogP contribution in [0.3, 0.4) is 0 Å². The lowest BCUT2D eigenvalue weighted by Crippen LogP contribution is -2.03. The molecule has 0 spiro atoms. The molecular weight excluding hydrogens is 1010 g/mol. The maximum atomic E-state index is 2.72. The number of rotatable bonds is 6. The summed E-state index contributed by atoms with van der Waals surface area (Å²) in [5.41, 5.74) is 11.3. The third kappa shape index (κ3) is 6.36. The summed E-state index contributed by atoms with van der Waals surface area (Å²) in [6.45, 7) is 2.06. The van der Waals surface area contributed by atoms with Gasteiger partial charge in [0.05, 0.1) is 33.1 Å². The Kier molecular flexibility index (Phi) is 9.51. The Morgan fingerprint density at radius 1 is 0.167 bits per heavy atom. The van der Waals surface area contributed by atoms with Crippen molar-refractivity contribution in [2.45, 2.75) is 19.6 Å². The first-order valence-electron chi connectivity index (χ1n) is 29.5. The van der Waals surface area contributed by atoms with Gasteiger partial charge in [-0.05, 0) is 150 Å². The molecule has 0 saturated carbocycles. The maximum absolute atomic E-state index is 2.72. The zero-order chi connectivity index (χ0) is 54.7. The van der Waals surface area contributed by atoms with Crippen molar-refractivity contribution in [2.24, 2.45) is 0 Å². The predicted molar refractivity (Wildman–Crippen MR) is 360 cm³/mol. The molecule has 0 N–H and O–H groups in total. The molecule has 0 aliphatic rings. The van der Waals surface area contributed by atoms with Gasteiger partial charge in [-0.2, -0.15) is 0 Å². The van der Waals surface area contributed by atoms with Crippen LogP contribution in [0, 0.1) is 0 Å². The highest BCUT2D eigenvalue weighted by Gasteiger charge is 2.30. The molecule has 0 aliphatic heterocycles. The van der Waals surface area contributed by atoms with E-state index < -0.39 is 0 Å². The van der Waals surface area contributed by atoms with Gasteiger partial charge in [0, 0.05) is 52.0 Å². The molecule has 0 radical (unpaired) electrons. The third-order valence-corrected chi connectivity index (χ3v) is 19.0. The second kappa shape index (κ2) is 17.4. The summed E-state index contributed by atoms with van der Waals surface area (Å²) in [5, 5.41) is 30.6. The molecule has 3 heteroatoms. The number of aromatic nitrogens is 3. The van der Waals surface area contributed by atoms with Crippen molar-refractivity contribution < 1.29 is 0 Å². The van der Waals surface area contributed by atoms with Gasteiger partial charge in [0.1, 0.15) is 0 Å². The molecule has 19 rings (SSSR count). The molecule has 0 atom stereocenters. The van der Waals surface area contributed by atoms with Crippen LogP contribution in [0.1, 0.15) is 16.7 Å². The second-order valence-electron chi connectivity index (χ2n) is 23.4. The van der Waals surface area contributed by atoms with Crippen LogP contribution in [-0.4, -0.2) is 13.7 Å². The topological polar surface area (TPSA) is 14.8 Å². The lowest BCUT2D eigenvalue weighted by Gasteiger charge is -2.14. The summed E-state index contributed by atoms with van der Waals surface area (Å²) < 4.78 is 8.17. The molecule has 19 aromatic rings. The van der Waals surface area contributed by atoms with Crippen molar-refractivity contribution in [3.63, 3.8) is 0 Å². The van der Waals surface area contributed by atoms with E-state index in [-0.39, 0.29) is 0 Å². The molecule has 3 nitrogen and oxygen atoms in total. The Morgan fingerprint density at radius 2 is 0.345 bits per heavy atom. The molecule has 84 heavy (non-hydrogen) atoms. The van der Waals surface area contributed by atoms with Gasteiger partial charge in [-0.25, -0.2) is 0 Å². The second-order valence-corrected chi connectivity index (χ2v) is 23.4. The SMILES string of the molecule is c1ccc(Cn2c3cc4c5ccccc5c5ccccc5c4cc3c3c2c2c4cc5c6ccccc6c6ccccc6c5cc4n(Cc4ccccc4)c2c2c4cc5c6ccccc6c6ccccc6c5cc4n(Cc4ccccc4)c32)cc1. The quantitative estimate of drug-likeness (QED) is 0.147. The molecule has 0 unspecified atom stereocenters. The Labute approximate surface area is 482 Å². The van der Waals surface area contributed by atoms with Gasteiger partial charge < -0.3 is 13.7 Å². The Morgan fingerprint density at radius 3 is 0.560 bits per heavy atom. The van der Waals surface area contributed by atoms with Gasteiger partial charge in [0.2, 0.25) is 0 Å². The standard InChI is InChI=1S/C81H51N3/c1-4-22-49(23-5-1)46-82-73-43-67-61-37-19-13-31-55(61)52-28-10-16-34-58(52)64(67)40-70(73)76-79(82)77-71-41-65-59-35-17-11-29-53(59)56-32-14-20-38-62(56)68(65)44-74(71)83(47-50-24-6-2-7-25-50)81(77)78-72-42-66-60-36-18-12-30-54(60)57-33-15-21-39-63(57)69(66)45-75(72)84(80(76)78)48-51-26-8-3-9-27-51/h1-45H,46-48H2. The number of benzene rings is 16. The summed E-state index contributed by atoms with van der Waals surface area (Å²) in [5.74, 6) is 0. The van der Waals surface area contributed by atoms with Crippen LogP contribution in [0.5, 0.6) is 0 Å². The molecule has 0 saturated heterocycles. The first-order valence-corrected chi connectivity index (χ1v) is 29.5. The largest absolute Gasteiger partial charge is 0.335 e. The summed E-state index contributed by atoms with van der Waals surface area (Å²) in [7, 11) is 0. The van der Waals surface area contributed by atoms with Crippen molar-refractivity contribution in [1.82, 2.24) is 13.7 Å². The van der Waals surface area contributed by atoms with Crippen molar-refractivity contribution in [3.8, 4) is 0 Å². The monoisotopic (exact) mass is 1070 g/mol. The molecule has 3 aromatic heterocycles. The van der Waals surface area contributed by atoms with Crippen LogP contribution in [0.4, 0.5) is 0 Å². The van der Waals surface area contributed by atoms with Crippen LogP contribution in [-0.2, 0) is 19.6 Å². The van der Waals surface area contributed by atoms with E-state index in [1.807, 2.05) is 0 Å². The van der Waals surface area contributed by atoms with Gasteiger partial charge >= 0.3 is 0 Å². The van der Waals surface area contributed by atoms with Gasteiger partial charge in [-0.15, -0.1) is 0 Å². The molecule has 0 amide bonds. The first-order chi connectivity index (χ1) is 41.7. The third-order valence-electron chi connectivity index (χ3n) is 19.0. The van der Waals surface area contributed by atoms with Crippen molar-refractivity contribution in [2.75, 3.05) is 0 Å².